The van der Waals surface area contributed by atoms with Gasteiger partial charge < -0.3 is 18.3 Å². The summed E-state index contributed by atoms with van der Waals surface area (Å²) in [5.41, 5.74) is 4.83. The lowest BCUT2D eigenvalue weighted by Gasteiger charge is -2.05. The molecular formula is C30H34O4. The summed E-state index contributed by atoms with van der Waals surface area (Å²) in [6.07, 6.45) is 7.88. The van der Waals surface area contributed by atoms with Crippen molar-refractivity contribution in [2.75, 3.05) is 19.8 Å². The van der Waals surface area contributed by atoms with Crippen molar-refractivity contribution in [2.45, 2.75) is 58.8 Å². The Kier molecular flexibility index (Phi) is 7.05. The molecule has 5 aromatic rings. The number of ether oxygens (including phenoxy) is 2. The number of rotatable bonds is 12. The van der Waals surface area contributed by atoms with E-state index in [1.807, 2.05) is 12.1 Å². The maximum atomic E-state index is 6.28. The molecule has 0 aliphatic rings. The smallest absolute Gasteiger partial charge is 0.139 e. The fraction of sp³-hybridized carbons (Fsp3) is 0.400. The Labute approximate surface area is 200 Å². The zero-order chi connectivity index (χ0) is 23.3. The van der Waals surface area contributed by atoms with Gasteiger partial charge in [-0.15, -0.1) is 0 Å². The summed E-state index contributed by atoms with van der Waals surface area (Å²) < 4.78 is 24.1. The van der Waals surface area contributed by atoms with E-state index in [4.69, 9.17) is 18.3 Å². The molecule has 0 spiro atoms. The first-order valence-corrected chi connectivity index (χ1v) is 12.8. The zero-order valence-electron chi connectivity index (χ0n) is 20.3. The molecule has 0 aliphatic heterocycles. The Morgan fingerprint density at radius 2 is 1.29 bits per heavy atom. The molecular weight excluding hydrogens is 424 g/mol. The molecule has 0 saturated carbocycles. The van der Waals surface area contributed by atoms with E-state index in [0.717, 1.165) is 95.1 Å². The molecule has 2 aromatic heterocycles. The van der Waals surface area contributed by atoms with E-state index in [2.05, 4.69) is 50.2 Å². The summed E-state index contributed by atoms with van der Waals surface area (Å²) in [5.74, 6) is 0.866. The Morgan fingerprint density at radius 3 is 2.03 bits per heavy atom. The molecule has 0 radical (unpaired) electrons. The standard InChI is InChI=1S/C30H34O4/c1-3-5-6-7-16-32-22-11-13-24-26-20-29-25(19-30(26)34-28(24)18-22)23-12-10-21(17-27(23)33-29)9-8-15-31-14-4-2/h10-13,17-20H,3-9,14-16H2,1-2H3. The van der Waals surface area contributed by atoms with Gasteiger partial charge in [0.05, 0.1) is 6.61 Å². The molecule has 0 amide bonds. The van der Waals surface area contributed by atoms with Crippen molar-refractivity contribution in [3.8, 4) is 5.75 Å². The van der Waals surface area contributed by atoms with E-state index in [1.54, 1.807) is 0 Å². The van der Waals surface area contributed by atoms with Gasteiger partial charge in [-0.25, -0.2) is 0 Å². The lowest BCUT2D eigenvalue weighted by atomic mass is 10.1. The molecule has 0 fully saturated rings. The Balaban J connectivity index is 1.38. The minimum absolute atomic E-state index is 0.748. The summed E-state index contributed by atoms with van der Waals surface area (Å²) >= 11 is 0. The maximum absolute atomic E-state index is 6.28. The van der Waals surface area contributed by atoms with E-state index in [9.17, 15) is 0 Å². The minimum atomic E-state index is 0.748. The van der Waals surface area contributed by atoms with Gasteiger partial charge in [-0.2, -0.15) is 0 Å². The molecule has 0 N–H and O–H groups in total. The van der Waals surface area contributed by atoms with Crippen LogP contribution < -0.4 is 4.74 Å². The van der Waals surface area contributed by atoms with Crippen molar-refractivity contribution in [1.29, 1.82) is 0 Å². The van der Waals surface area contributed by atoms with Crippen LogP contribution in [-0.2, 0) is 11.2 Å². The number of furan rings is 2. The van der Waals surface area contributed by atoms with Gasteiger partial charge in [-0.3, -0.25) is 0 Å². The Hall–Kier alpha value is -2.98. The van der Waals surface area contributed by atoms with Crippen LogP contribution in [0.4, 0.5) is 0 Å². The second kappa shape index (κ2) is 10.5. The van der Waals surface area contributed by atoms with Gasteiger partial charge in [0.1, 0.15) is 28.1 Å². The third-order valence-corrected chi connectivity index (χ3v) is 6.47. The van der Waals surface area contributed by atoms with Crippen molar-refractivity contribution < 1.29 is 18.3 Å². The van der Waals surface area contributed by atoms with Gasteiger partial charge in [-0.1, -0.05) is 45.2 Å². The molecule has 5 rings (SSSR count). The number of hydrogen-bond acceptors (Lipinski definition) is 4. The van der Waals surface area contributed by atoms with Crippen molar-refractivity contribution in [3.05, 3.63) is 54.1 Å². The van der Waals surface area contributed by atoms with E-state index in [0.29, 0.717) is 0 Å². The molecule has 0 aliphatic carbocycles. The molecule has 2 heterocycles. The highest BCUT2D eigenvalue weighted by Crippen LogP contribution is 2.37. The molecule has 0 atom stereocenters. The number of fused-ring (bicyclic) bond motifs is 6. The third-order valence-electron chi connectivity index (χ3n) is 6.47. The molecule has 0 unspecified atom stereocenters. The average Bonchev–Trinajstić information content (AvgIpc) is 3.38. The van der Waals surface area contributed by atoms with Crippen LogP contribution in [0.25, 0.3) is 43.9 Å². The van der Waals surface area contributed by atoms with Crippen LogP contribution in [0.2, 0.25) is 0 Å². The molecule has 4 heteroatoms. The molecule has 3 aromatic carbocycles. The van der Waals surface area contributed by atoms with E-state index < -0.39 is 0 Å². The lowest BCUT2D eigenvalue weighted by Crippen LogP contribution is -1.97. The summed E-state index contributed by atoms with van der Waals surface area (Å²) in [4.78, 5) is 0. The minimum Gasteiger partial charge on any atom is -0.493 e. The SMILES string of the molecule is CCCCCCOc1ccc2c(c1)oc1cc3c(cc12)oc1cc(CCCOCCC)ccc13. The summed E-state index contributed by atoms with van der Waals surface area (Å²) in [5, 5.41) is 4.37. The number of unbranched alkanes of at least 4 members (excludes halogenated alkanes) is 3. The predicted octanol–water partition coefficient (Wildman–Crippen LogP) is 8.80. The highest BCUT2D eigenvalue weighted by atomic mass is 16.5. The number of benzene rings is 3. The first-order valence-electron chi connectivity index (χ1n) is 12.8. The second-order valence-electron chi connectivity index (χ2n) is 9.16. The van der Waals surface area contributed by atoms with E-state index in [1.165, 1.54) is 24.8 Å². The Morgan fingerprint density at radius 1 is 0.588 bits per heavy atom. The van der Waals surface area contributed by atoms with Crippen molar-refractivity contribution in [3.63, 3.8) is 0 Å². The van der Waals surface area contributed by atoms with Crippen LogP contribution in [-0.4, -0.2) is 19.8 Å². The first kappa shape index (κ1) is 22.8. The maximum Gasteiger partial charge on any atom is 0.139 e. The summed E-state index contributed by atoms with van der Waals surface area (Å²) in [6.45, 7) is 6.75. The van der Waals surface area contributed by atoms with Crippen molar-refractivity contribution in [1.82, 2.24) is 0 Å². The van der Waals surface area contributed by atoms with Gasteiger partial charge in [0.25, 0.3) is 0 Å². The van der Waals surface area contributed by atoms with Gasteiger partial charge in [0.15, 0.2) is 0 Å². The second-order valence-corrected chi connectivity index (χ2v) is 9.16. The summed E-state index contributed by atoms with van der Waals surface area (Å²) in [7, 11) is 0. The predicted molar refractivity (Wildman–Crippen MR) is 140 cm³/mol. The normalized spacial score (nSPS) is 11.9. The van der Waals surface area contributed by atoms with Crippen molar-refractivity contribution >= 4 is 43.9 Å². The monoisotopic (exact) mass is 458 g/mol. The summed E-state index contributed by atoms with van der Waals surface area (Å²) in [6, 6.07) is 16.9. The Bertz CT molecular complexity index is 1280. The van der Waals surface area contributed by atoms with Gasteiger partial charge in [0.2, 0.25) is 0 Å². The van der Waals surface area contributed by atoms with Gasteiger partial charge >= 0.3 is 0 Å². The lowest BCUT2D eigenvalue weighted by molar-refractivity contribution is 0.132. The molecule has 0 bridgehead atoms. The fourth-order valence-corrected chi connectivity index (χ4v) is 4.66. The van der Waals surface area contributed by atoms with Crippen LogP contribution in [0, 0.1) is 0 Å². The van der Waals surface area contributed by atoms with Crippen LogP contribution in [0.15, 0.2) is 57.4 Å². The van der Waals surface area contributed by atoms with Crippen LogP contribution in [0.3, 0.4) is 0 Å². The molecule has 4 nitrogen and oxygen atoms in total. The number of hydrogen-bond donors (Lipinski definition) is 0. The average molecular weight is 459 g/mol. The third kappa shape index (κ3) is 4.78. The largest absolute Gasteiger partial charge is 0.493 e. The molecule has 178 valence electrons. The van der Waals surface area contributed by atoms with Crippen LogP contribution in [0.1, 0.15) is 57.9 Å². The highest BCUT2D eigenvalue weighted by molar-refractivity contribution is 6.14. The molecule has 34 heavy (non-hydrogen) atoms. The van der Waals surface area contributed by atoms with Gasteiger partial charge in [0, 0.05) is 40.8 Å². The van der Waals surface area contributed by atoms with Crippen LogP contribution in [0.5, 0.6) is 5.75 Å². The first-order chi connectivity index (χ1) is 16.8. The van der Waals surface area contributed by atoms with Gasteiger partial charge in [-0.05, 0) is 61.6 Å². The highest BCUT2D eigenvalue weighted by Gasteiger charge is 2.14. The number of aryl methyl sites for hydroxylation is 1. The van der Waals surface area contributed by atoms with E-state index in [-0.39, 0.29) is 0 Å². The van der Waals surface area contributed by atoms with Crippen molar-refractivity contribution in [2.24, 2.45) is 0 Å². The molecule has 0 saturated heterocycles. The quantitative estimate of drug-likeness (QED) is 0.175. The van der Waals surface area contributed by atoms with Crippen LogP contribution >= 0.6 is 0 Å². The topological polar surface area (TPSA) is 44.7 Å². The van der Waals surface area contributed by atoms with E-state index >= 15 is 0 Å². The zero-order valence-corrected chi connectivity index (χ0v) is 20.3. The fourth-order valence-electron chi connectivity index (χ4n) is 4.66.